The topological polar surface area (TPSA) is 37.3 Å². The normalized spacial score (nSPS) is 17.1. The second kappa shape index (κ2) is 4.37. The number of carbonyl (C=O) groups is 1. The van der Waals surface area contributed by atoms with E-state index >= 15 is 0 Å². The van der Waals surface area contributed by atoms with E-state index in [0.717, 1.165) is 24.8 Å². The van der Waals surface area contributed by atoms with E-state index < -0.39 is 11.4 Å². The van der Waals surface area contributed by atoms with Crippen LogP contribution in [0, 0.1) is 12.3 Å². The van der Waals surface area contributed by atoms with Gasteiger partial charge in [-0.1, -0.05) is 48.4 Å². The van der Waals surface area contributed by atoms with Crippen molar-refractivity contribution < 1.29 is 9.90 Å². The fourth-order valence-electron chi connectivity index (χ4n) is 2.99. The monoisotopic (exact) mass is 254 g/mol. The maximum Gasteiger partial charge on any atom is 0.309 e. The van der Waals surface area contributed by atoms with E-state index in [1.54, 1.807) is 0 Å². The summed E-state index contributed by atoms with van der Waals surface area (Å²) in [5.41, 5.74) is 1.89. The minimum absolute atomic E-state index is 0.502. The van der Waals surface area contributed by atoms with Crippen LogP contribution in [-0.2, 0) is 11.2 Å². The molecule has 1 fully saturated rings. The van der Waals surface area contributed by atoms with Gasteiger partial charge in [-0.2, -0.15) is 0 Å². The molecule has 0 spiro atoms. The summed E-state index contributed by atoms with van der Waals surface area (Å²) in [5.74, 6) is -0.636. The Balaban J connectivity index is 1.93. The van der Waals surface area contributed by atoms with Gasteiger partial charge < -0.3 is 5.11 Å². The van der Waals surface area contributed by atoms with Crippen molar-refractivity contribution in [3.63, 3.8) is 0 Å². The van der Waals surface area contributed by atoms with Gasteiger partial charge >= 0.3 is 5.97 Å². The number of fused-ring (bicyclic) bond motifs is 1. The number of benzene rings is 2. The summed E-state index contributed by atoms with van der Waals surface area (Å²) in [4.78, 5) is 11.4. The molecule has 0 heterocycles. The van der Waals surface area contributed by atoms with Crippen LogP contribution in [0.2, 0.25) is 0 Å². The van der Waals surface area contributed by atoms with Crippen LogP contribution in [0.5, 0.6) is 0 Å². The third-order valence-corrected chi connectivity index (χ3v) is 4.37. The molecule has 98 valence electrons. The number of carboxylic acids is 1. The highest BCUT2D eigenvalue weighted by Crippen LogP contribution is 2.44. The highest BCUT2D eigenvalue weighted by molar-refractivity contribution is 5.84. The van der Waals surface area contributed by atoms with Crippen molar-refractivity contribution in [3.8, 4) is 0 Å². The molecule has 1 saturated carbocycles. The second-order valence-corrected chi connectivity index (χ2v) is 5.80. The van der Waals surface area contributed by atoms with Crippen molar-refractivity contribution in [3.05, 3.63) is 47.5 Å². The quantitative estimate of drug-likeness (QED) is 0.900. The maximum atomic E-state index is 11.4. The number of carboxylic acid groups (broad SMARTS) is 1. The molecule has 2 nitrogen and oxygen atoms in total. The van der Waals surface area contributed by atoms with Gasteiger partial charge in [0.2, 0.25) is 0 Å². The van der Waals surface area contributed by atoms with E-state index in [2.05, 4.69) is 43.3 Å². The molecule has 2 aromatic rings. The van der Waals surface area contributed by atoms with Crippen molar-refractivity contribution in [2.24, 2.45) is 5.41 Å². The fraction of sp³-hybridized carbons (Fsp3) is 0.353. The Morgan fingerprint density at radius 3 is 2.47 bits per heavy atom. The summed E-state index contributed by atoms with van der Waals surface area (Å²) in [6, 6.07) is 12.7. The molecule has 0 aliphatic heterocycles. The summed E-state index contributed by atoms with van der Waals surface area (Å²) in [6.07, 6.45) is 3.33. The molecule has 1 aliphatic rings. The third kappa shape index (κ3) is 2.12. The molecule has 0 atom stereocenters. The minimum Gasteiger partial charge on any atom is -0.481 e. The number of aliphatic carboxylic acids is 1. The van der Waals surface area contributed by atoms with E-state index in [9.17, 15) is 9.90 Å². The van der Waals surface area contributed by atoms with Gasteiger partial charge in [0.05, 0.1) is 5.41 Å². The molecule has 2 aromatic carbocycles. The Kier molecular flexibility index (Phi) is 2.81. The van der Waals surface area contributed by atoms with E-state index in [1.807, 2.05) is 0 Å². The lowest BCUT2D eigenvalue weighted by atomic mass is 9.65. The van der Waals surface area contributed by atoms with Crippen LogP contribution in [0.25, 0.3) is 10.8 Å². The van der Waals surface area contributed by atoms with Crippen molar-refractivity contribution >= 4 is 16.7 Å². The Hall–Kier alpha value is -1.83. The van der Waals surface area contributed by atoms with Gasteiger partial charge in [0, 0.05) is 0 Å². The average molecular weight is 254 g/mol. The Morgan fingerprint density at radius 1 is 1.16 bits per heavy atom. The van der Waals surface area contributed by atoms with Crippen LogP contribution in [-0.4, -0.2) is 11.1 Å². The summed E-state index contributed by atoms with van der Waals surface area (Å²) < 4.78 is 0. The molecule has 2 heteroatoms. The van der Waals surface area contributed by atoms with Gasteiger partial charge in [0.15, 0.2) is 0 Å². The molecule has 0 bridgehead atoms. The summed E-state index contributed by atoms with van der Waals surface area (Å²) in [5, 5.41) is 11.8. The predicted molar refractivity (Wildman–Crippen MR) is 76.3 cm³/mol. The summed E-state index contributed by atoms with van der Waals surface area (Å²) >= 11 is 0. The van der Waals surface area contributed by atoms with Gasteiger partial charge in [-0.05, 0) is 42.5 Å². The zero-order chi connectivity index (χ0) is 13.5. The van der Waals surface area contributed by atoms with Crippen LogP contribution in [0.1, 0.15) is 30.4 Å². The van der Waals surface area contributed by atoms with Gasteiger partial charge in [0.1, 0.15) is 0 Å². The highest BCUT2D eigenvalue weighted by atomic mass is 16.4. The smallest absolute Gasteiger partial charge is 0.309 e. The SMILES string of the molecule is Cc1ccc2cc(CC3(C(=O)O)CCC3)ccc2c1. The van der Waals surface area contributed by atoms with Crippen molar-refractivity contribution in [2.75, 3.05) is 0 Å². The Morgan fingerprint density at radius 2 is 1.84 bits per heavy atom. The average Bonchev–Trinajstić information content (AvgIpc) is 2.33. The first-order valence-corrected chi connectivity index (χ1v) is 6.82. The molecular weight excluding hydrogens is 236 g/mol. The number of hydrogen-bond acceptors (Lipinski definition) is 1. The Bertz CT molecular complexity index is 639. The second-order valence-electron chi connectivity index (χ2n) is 5.80. The predicted octanol–water partition coefficient (Wildman–Crippen LogP) is 3.95. The molecule has 1 aliphatic carbocycles. The van der Waals surface area contributed by atoms with Crippen LogP contribution in [0.4, 0.5) is 0 Å². The van der Waals surface area contributed by atoms with Gasteiger partial charge in [-0.15, -0.1) is 0 Å². The standard InChI is InChI=1S/C17H18O2/c1-12-3-5-15-10-13(4-6-14(15)9-12)11-17(16(18)19)7-2-8-17/h3-6,9-10H,2,7-8,11H2,1H3,(H,18,19). The molecule has 0 unspecified atom stereocenters. The van der Waals surface area contributed by atoms with Crippen LogP contribution >= 0.6 is 0 Å². The largest absolute Gasteiger partial charge is 0.481 e. The molecule has 0 saturated heterocycles. The van der Waals surface area contributed by atoms with Gasteiger partial charge in [-0.25, -0.2) is 0 Å². The third-order valence-electron chi connectivity index (χ3n) is 4.37. The van der Waals surface area contributed by atoms with Crippen LogP contribution < -0.4 is 0 Å². The summed E-state index contributed by atoms with van der Waals surface area (Å²) in [6.45, 7) is 2.08. The molecular formula is C17H18O2. The zero-order valence-electron chi connectivity index (χ0n) is 11.1. The van der Waals surface area contributed by atoms with E-state index in [1.165, 1.54) is 16.3 Å². The Labute approximate surface area is 113 Å². The molecule has 19 heavy (non-hydrogen) atoms. The molecule has 3 rings (SSSR count). The van der Waals surface area contributed by atoms with Crippen LogP contribution in [0.3, 0.4) is 0 Å². The maximum absolute atomic E-state index is 11.4. The first kappa shape index (κ1) is 12.2. The van der Waals surface area contributed by atoms with E-state index in [-0.39, 0.29) is 0 Å². The molecule has 0 radical (unpaired) electrons. The number of rotatable bonds is 3. The van der Waals surface area contributed by atoms with E-state index in [0.29, 0.717) is 6.42 Å². The highest BCUT2D eigenvalue weighted by Gasteiger charge is 2.44. The van der Waals surface area contributed by atoms with Gasteiger partial charge in [0.25, 0.3) is 0 Å². The summed E-state index contributed by atoms with van der Waals surface area (Å²) in [7, 11) is 0. The van der Waals surface area contributed by atoms with Crippen molar-refractivity contribution in [1.82, 2.24) is 0 Å². The number of hydrogen-bond donors (Lipinski definition) is 1. The molecule has 0 amide bonds. The fourth-order valence-corrected chi connectivity index (χ4v) is 2.99. The molecule has 0 aromatic heterocycles. The first-order valence-electron chi connectivity index (χ1n) is 6.82. The lowest BCUT2D eigenvalue weighted by Gasteiger charge is -2.37. The lowest BCUT2D eigenvalue weighted by Crippen LogP contribution is -2.39. The van der Waals surface area contributed by atoms with E-state index in [4.69, 9.17) is 0 Å². The van der Waals surface area contributed by atoms with Gasteiger partial charge in [-0.3, -0.25) is 4.79 Å². The lowest BCUT2D eigenvalue weighted by molar-refractivity contribution is -0.154. The van der Waals surface area contributed by atoms with Crippen molar-refractivity contribution in [1.29, 1.82) is 0 Å². The minimum atomic E-state index is -0.636. The molecule has 1 N–H and O–H groups in total. The van der Waals surface area contributed by atoms with Crippen molar-refractivity contribution in [2.45, 2.75) is 32.6 Å². The first-order chi connectivity index (χ1) is 9.09. The number of aryl methyl sites for hydroxylation is 1. The zero-order valence-corrected chi connectivity index (χ0v) is 11.1. The van der Waals surface area contributed by atoms with Crippen LogP contribution in [0.15, 0.2) is 36.4 Å².